The molecule has 0 spiro atoms. The van der Waals surface area contributed by atoms with Crippen LogP contribution in [-0.4, -0.2) is 25.7 Å². The number of amides is 1. The number of nitrogens with one attached hydrogen (secondary N) is 1. The van der Waals surface area contributed by atoms with Crippen molar-refractivity contribution in [1.29, 1.82) is 0 Å². The molecule has 0 aromatic heterocycles. The van der Waals surface area contributed by atoms with E-state index in [-0.39, 0.29) is 12.5 Å². The number of hydrogen-bond donors (Lipinski definition) is 1. The third-order valence-corrected chi connectivity index (χ3v) is 4.12. The van der Waals surface area contributed by atoms with Crippen molar-refractivity contribution in [1.82, 2.24) is 5.32 Å². The van der Waals surface area contributed by atoms with Crippen LogP contribution in [0.5, 0.6) is 11.5 Å². The predicted octanol–water partition coefficient (Wildman–Crippen LogP) is 4.03. The second-order valence-corrected chi connectivity index (χ2v) is 6.26. The molecule has 1 amide bonds. The summed E-state index contributed by atoms with van der Waals surface area (Å²) in [5.74, 6) is 1.38. The van der Waals surface area contributed by atoms with Gasteiger partial charge in [-0.15, -0.1) is 0 Å². The Morgan fingerprint density at radius 1 is 0.923 bits per heavy atom. The summed E-state index contributed by atoms with van der Waals surface area (Å²) in [4.78, 5) is 11.9. The summed E-state index contributed by atoms with van der Waals surface area (Å²) >= 11 is 0. The SMILES string of the molecule is Cc1ccc(C)c(OCC(=O)NCCOc2ccc3ccccc3c2)c1. The van der Waals surface area contributed by atoms with Gasteiger partial charge in [-0.1, -0.05) is 42.5 Å². The maximum atomic E-state index is 11.9. The highest BCUT2D eigenvalue weighted by Crippen LogP contribution is 2.20. The van der Waals surface area contributed by atoms with E-state index in [1.807, 2.05) is 62.4 Å². The highest BCUT2D eigenvalue weighted by atomic mass is 16.5. The van der Waals surface area contributed by atoms with Gasteiger partial charge >= 0.3 is 0 Å². The number of carbonyl (C=O) groups excluding carboxylic acids is 1. The molecule has 0 atom stereocenters. The van der Waals surface area contributed by atoms with Crippen LogP contribution in [-0.2, 0) is 4.79 Å². The molecule has 0 saturated heterocycles. The summed E-state index contributed by atoms with van der Waals surface area (Å²) in [6.45, 7) is 4.80. The molecule has 3 aromatic carbocycles. The Bertz CT molecular complexity index is 905. The second-order valence-electron chi connectivity index (χ2n) is 6.26. The summed E-state index contributed by atoms with van der Waals surface area (Å²) in [6.07, 6.45) is 0. The number of aryl methyl sites for hydroxylation is 2. The van der Waals surface area contributed by atoms with Crippen molar-refractivity contribution in [2.45, 2.75) is 13.8 Å². The summed E-state index contributed by atoms with van der Waals surface area (Å²) in [5.41, 5.74) is 2.12. The van der Waals surface area contributed by atoms with Gasteiger partial charge < -0.3 is 14.8 Å². The highest BCUT2D eigenvalue weighted by Gasteiger charge is 2.05. The van der Waals surface area contributed by atoms with Crippen molar-refractivity contribution in [3.8, 4) is 11.5 Å². The molecule has 3 rings (SSSR count). The maximum Gasteiger partial charge on any atom is 0.258 e. The van der Waals surface area contributed by atoms with Gasteiger partial charge in [-0.25, -0.2) is 0 Å². The van der Waals surface area contributed by atoms with Gasteiger partial charge in [-0.05, 0) is 53.9 Å². The molecule has 0 saturated carbocycles. The smallest absolute Gasteiger partial charge is 0.258 e. The molecular weight excluding hydrogens is 326 g/mol. The summed E-state index contributed by atoms with van der Waals surface area (Å²) in [7, 11) is 0. The van der Waals surface area contributed by atoms with Crippen LogP contribution in [0.15, 0.2) is 60.7 Å². The topological polar surface area (TPSA) is 47.6 Å². The van der Waals surface area contributed by atoms with Crippen molar-refractivity contribution in [2.24, 2.45) is 0 Å². The average molecular weight is 349 g/mol. The number of benzene rings is 3. The van der Waals surface area contributed by atoms with E-state index in [0.717, 1.165) is 28.0 Å². The van der Waals surface area contributed by atoms with Gasteiger partial charge in [0.15, 0.2) is 6.61 Å². The summed E-state index contributed by atoms with van der Waals surface area (Å²) in [6, 6.07) is 20.0. The van der Waals surface area contributed by atoms with Crippen LogP contribution in [0.25, 0.3) is 10.8 Å². The van der Waals surface area contributed by atoms with E-state index in [2.05, 4.69) is 17.4 Å². The lowest BCUT2D eigenvalue weighted by Crippen LogP contribution is -2.32. The van der Waals surface area contributed by atoms with Gasteiger partial charge in [0.05, 0.1) is 6.54 Å². The molecule has 4 heteroatoms. The minimum absolute atomic E-state index is 0.000266. The first-order valence-electron chi connectivity index (χ1n) is 8.70. The van der Waals surface area contributed by atoms with Gasteiger partial charge in [-0.3, -0.25) is 4.79 Å². The molecule has 0 aliphatic heterocycles. The Hall–Kier alpha value is -3.01. The molecule has 1 N–H and O–H groups in total. The fourth-order valence-corrected chi connectivity index (χ4v) is 2.67. The molecule has 134 valence electrons. The van der Waals surface area contributed by atoms with Crippen LogP contribution in [0.2, 0.25) is 0 Å². The van der Waals surface area contributed by atoms with Gasteiger partial charge in [0.2, 0.25) is 0 Å². The Morgan fingerprint density at radius 2 is 1.73 bits per heavy atom. The maximum absolute atomic E-state index is 11.9. The van der Waals surface area contributed by atoms with Crippen LogP contribution in [0.3, 0.4) is 0 Å². The lowest BCUT2D eigenvalue weighted by Gasteiger charge is -2.11. The van der Waals surface area contributed by atoms with Crippen LogP contribution < -0.4 is 14.8 Å². The van der Waals surface area contributed by atoms with E-state index < -0.39 is 0 Å². The normalized spacial score (nSPS) is 10.5. The van der Waals surface area contributed by atoms with Gasteiger partial charge in [-0.2, -0.15) is 0 Å². The molecule has 3 aromatic rings. The third-order valence-electron chi connectivity index (χ3n) is 4.12. The zero-order valence-electron chi connectivity index (χ0n) is 15.1. The lowest BCUT2D eigenvalue weighted by atomic mass is 10.1. The quantitative estimate of drug-likeness (QED) is 0.655. The highest BCUT2D eigenvalue weighted by molar-refractivity contribution is 5.83. The van der Waals surface area contributed by atoms with Crippen LogP contribution in [0.4, 0.5) is 0 Å². The minimum atomic E-state index is -0.159. The van der Waals surface area contributed by atoms with Crippen molar-refractivity contribution in [2.75, 3.05) is 19.8 Å². The van der Waals surface area contributed by atoms with E-state index in [4.69, 9.17) is 9.47 Å². The van der Waals surface area contributed by atoms with E-state index in [1.54, 1.807) is 0 Å². The fourth-order valence-electron chi connectivity index (χ4n) is 2.67. The van der Waals surface area contributed by atoms with E-state index in [1.165, 1.54) is 5.39 Å². The Balaban J connectivity index is 1.41. The monoisotopic (exact) mass is 349 g/mol. The Kier molecular flexibility index (Phi) is 5.74. The first-order valence-corrected chi connectivity index (χ1v) is 8.70. The number of rotatable bonds is 7. The van der Waals surface area contributed by atoms with Crippen molar-refractivity contribution < 1.29 is 14.3 Å². The zero-order valence-corrected chi connectivity index (χ0v) is 15.1. The number of hydrogen-bond acceptors (Lipinski definition) is 3. The second kappa shape index (κ2) is 8.39. The first-order chi connectivity index (χ1) is 12.6. The predicted molar refractivity (Wildman–Crippen MR) is 104 cm³/mol. The van der Waals surface area contributed by atoms with Crippen molar-refractivity contribution >= 4 is 16.7 Å². The molecule has 0 bridgehead atoms. The van der Waals surface area contributed by atoms with Crippen molar-refractivity contribution in [3.63, 3.8) is 0 Å². The van der Waals surface area contributed by atoms with Crippen LogP contribution in [0.1, 0.15) is 11.1 Å². The van der Waals surface area contributed by atoms with E-state index in [9.17, 15) is 4.79 Å². The molecular formula is C22H23NO3. The van der Waals surface area contributed by atoms with Crippen LogP contribution >= 0.6 is 0 Å². The standard InChI is InChI=1S/C22H23NO3/c1-16-7-8-17(2)21(13-16)26-15-22(24)23-11-12-25-20-10-9-18-5-3-4-6-19(18)14-20/h3-10,13-14H,11-12,15H2,1-2H3,(H,23,24). The number of carbonyl (C=O) groups is 1. The molecule has 0 aliphatic rings. The number of fused-ring (bicyclic) bond motifs is 1. The molecule has 0 aliphatic carbocycles. The lowest BCUT2D eigenvalue weighted by molar-refractivity contribution is -0.123. The third kappa shape index (κ3) is 4.76. The molecule has 0 unspecified atom stereocenters. The van der Waals surface area contributed by atoms with Gasteiger partial charge in [0.1, 0.15) is 18.1 Å². The molecule has 0 radical (unpaired) electrons. The summed E-state index contributed by atoms with van der Waals surface area (Å²) < 4.78 is 11.3. The molecule has 4 nitrogen and oxygen atoms in total. The summed E-state index contributed by atoms with van der Waals surface area (Å²) in [5, 5.41) is 5.12. The largest absolute Gasteiger partial charge is 0.492 e. The van der Waals surface area contributed by atoms with Gasteiger partial charge in [0, 0.05) is 0 Å². The van der Waals surface area contributed by atoms with E-state index in [0.29, 0.717) is 13.2 Å². The van der Waals surface area contributed by atoms with E-state index >= 15 is 0 Å². The molecule has 0 fully saturated rings. The van der Waals surface area contributed by atoms with Crippen LogP contribution in [0, 0.1) is 13.8 Å². The fraction of sp³-hybridized carbons (Fsp3) is 0.227. The number of ether oxygens (including phenoxy) is 2. The molecule has 0 heterocycles. The molecule has 26 heavy (non-hydrogen) atoms. The van der Waals surface area contributed by atoms with Gasteiger partial charge in [0.25, 0.3) is 5.91 Å². The Morgan fingerprint density at radius 3 is 2.58 bits per heavy atom. The zero-order chi connectivity index (χ0) is 18.4. The minimum Gasteiger partial charge on any atom is -0.492 e. The Labute approximate surface area is 153 Å². The average Bonchev–Trinajstić information content (AvgIpc) is 2.66. The first kappa shape index (κ1) is 17.8. The van der Waals surface area contributed by atoms with Crippen molar-refractivity contribution in [3.05, 3.63) is 71.8 Å².